The zero-order chi connectivity index (χ0) is 15.4. The van der Waals surface area contributed by atoms with Gasteiger partial charge in [0.2, 0.25) is 0 Å². The van der Waals surface area contributed by atoms with Gasteiger partial charge >= 0.3 is 0 Å². The Morgan fingerprint density at radius 1 is 0.773 bits per heavy atom. The molecule has 0 radical (unpaired) electrons. The lowest BCUT2D eigenvalue weighted by molar-refractivity contribution is 1.57. The molecular formula is C22H20. The van der Waals surface area contributed by atoms with Crippen molar-refractivity contribution in [1.29, 1.82) is 0 Å². The molecule has 0 spiro atoms. The van der Waals surface area contributed by atoms with Crippen LogP contribution in [0.1, 0.15) is 19.4 Å². The molecule has 0 saturated heterocycles. The fourth-order valence-corrected chi connectivity index (χ4v) is 2.86. The number of allylic oxidation sites excluding steroid dienone is 4. The second kappa shape index (κ2) is 6.44. The highest BCUT2D eigenvalue weighted by Gasteiger charge is 2.04. The van der Waals surface area contributed by atoms with Gasteiger partial charge in [-0.2, -0.15) is 0 Å². The highest BCUT2D eigenvalue weighted by atomic mass is 14.1. The molecule has 0 amide bonds. The second-order valence-corrected chi connectivity index (χ2v) is 5.35. The molecule has 0 saturated carbocycles. The largest absolute Gasteiger partial charge is 0.0871 e. The van der Waals surface area contributed by atoms with Crippen LogP contribution in [0.2, 0.25) is 0 Å². The summed E-state index contributed by atoms with van der Waals surface area (Å²) in [6, 6.07) is 23.9. The predicted octanol–water partition coefficient (Wildman–Crippen LogP) is 6.49. The van der Waals surface area contributed by atoms with Gasteiger partial charge < -0.3 is 0 Å². The van der Waals surface area contributed by atoms with Crippen molar-refractivity contribution in [2.45, 2.75) is 13.8 Å². The van der Waals surface area contributed by atoms with Crippen molar-refractivity contribution in [3.8, 4) is 11.1 Å². The lowest BCUT2D eigenvalue weighted by Crippen LogP contribution is -1.84. The van der Waals surface area contributed by atoms with Crippen molar-refractivity contribution in [1.82, 2.24) is 0 Å². The summed E-state index contributed by atoms with van der Waals surface area (Å²) in [7, 11) is 0. The van der Waals surface area contributed by atoms with E-state index in [1.807, 2.05) is 6.92 Å². The molecule has 0 unspecified atom stereocenters. The summed E-state index contributed by atoms with van der Waals surface area (Å²) in [4.78, 5) is 0. The van der Waals surface area contributed by atoms with Crippen LogP contribution >= 0.6 is 0 Å². The minimum absolute atomic E-state index is 1.25. The third kappa shape index (κ3) is 2.73. The third-order valence-corrected chi connectivity index (χ3v) is 3.98. The lowest BCUT2D eigenvalue weighted by atomic mass is 9.96. The van der Waals surface area contributed by atoms with E-state index in [4.69, 9.17) is 0 Å². The summed E-state index contributed by atoms with van der Waals surface area (Å²) in [5.41, 5.74) is 5.06. The Kier molecular flexibility index (Phi) is 4.20. The topological polar surface area (TPSA) is 0 Å². The SMILES string of the molecule is C/C=C\C(=C/C)c1ccc(-c2cccc3ccccc23)cc1. The number of rotatable bonds is 3. The van der Waals surface area contributed by atoms with Crippen LogP contribution in [0.25, 0.3) is 27.5 Å². The fourth-order valence-electron chi connectivity index (χ4n) is 2.86. The van der Waals surface area contributed by atoms with Crippen LogP contribution in [-0.4, -0.2) is 0 Å². The van der Waals surface area contributed by atoms with Crippen molar-refractivity contribution in [2.75, 3.05) is 0 Å². The number of hydrogen-bond acceptors (Lipinski definition) is 0. The van der Waals surface area contributed by atoms with Crippen LogP contribution < -0.4 is 0 Å². The first-order valence-corrected chi connectivity index (χ1v) is 7.71. The number of hydrogen-bond donors (Lipinski definition) is 0. The van der Waals surface area contributed by atoms with Gasteiger partial charge in [0.25, 0.3) is 0 Å². The van der Waals surface area contributed by atoms with E-state index in [1.165, 1.54) is 33.0 Å². The maximum Gasteiger partial charge on any atom is -0.0105 e. The molecule has 0 atom stereocenters. The molecule has 0 aliphatic heterocycles. The Bertz CT molecular complexity index is 828. The van der Waals surface area contributed by atoms with E-state index in [9.17, 15) is 0 Å². The molecule has 0 nitrogen and oxygen atoms in total. The highest BCUT2D eigenvalue weighted by molar-refractivity contribution is 5.96. The molecule has 0 aliphatic rings. The summed E-state index contributed by atoms with van der Waals surface area (Å²) in [5.74, 6) is 0. The molecule has 0 heterocycles. The van der Waals surface area contributed by atoms with Crippen LogP contribution in [-0.2, 0) is 0 Å². The molecule has 22 heavy (non-hydrogen) atoms. The average molecular weight is 284 g/mol. The van der Waals surface area contributed by atoms with E-state index < -0.39 is 0 Å². The van der Waals surface area contributed by atoms with Crippen LogP contribution in [0.15, 0.2) is 85.0 Å². The normalized spacial score (nSPS) is 12.2. The average Bonchev–Trinajstić information content (AvgIpc) is 2.59. The van der Waals surface area contributed by atoms with Crippen molar-refractivity contribution < 1.29 is 0 Å². The monoisotopic (exact) mass is 284 g/mol. The zero-order valence-corrected chi connectivity index (χ0v) is 13.1. The van der Waals surface area contributed by atoms with Gasteiger partial charge in [-0.05, 0) is 46.9 Å². The van der Waals surface area contributed by atoms with Gasteiger partial charge in [0.15, 0.2) is 0 Å². The number of fused-ring (bicyclic) bond motifs is 1. The minimum atomic E-state index is 1.25. The van der Waals surface area contributed by atoms with E-state index in [2.05, 4.69) is 91.9 Å². The van der Waals surface area contributed by atoms with Crippen molar-refractivity contribution in [3.63, 3.8) is 0 Å². The fraction of sp³-hybridized carbons (Fsp3) is 0.0909. The Morgan fingerprint density at radius 2 is 1.50 bits per heavy atom. The van der Waals surface area contributed by atoms with E-state index >= 15 is 0 Å². The van der Waals surface area contributed by atoms with E-state index in [0.717, 1.165) is 0 Å². The molecule has 0 bridgehead atoms. The van der Waals surface area contributed by atoms with Crippen molar-refractivity contribution in [3.05, 3.63) is 90.5 Å². The molecule has 0 N–H and O–H groups in total. The second-order valence-electron chi connectivity index (χ2n) is 5.35. The number of benzene rings is 3. The standard InChI is InChI=1S/C22H20/c1-3-8-17(4-2)18-13-15-20(16-14-18)22-12-7-10-19-9-5-6-11-21(19)22/h3-16H,1-2H3/b8-3-,17-4+. The van der Waals surface area contributed by atoms with Crippen LogP contribution in [0.4, 0.5) is 0 Å². The van der Waals surface area contributed by atoms with Gasteiger partial charge in [-0.1, -0.05) is 85.0 Å². The molecule has 0 heteroatoms. The van der Waals surface area contributed by atoms with Gasteiger partial charge in [-0.15, -0.1) is 0 Å². The summed E-state index contributed by atoms with van der Waals surface area (Å²) < 4.78 is 0. The summed E-state index contributed by atoms with van der Waals surface area (Å²) in [6.45, 7) is 4.13. The zero-order valence-electron chi connectivity index (χ0n) is 13.1. The molecule has 0 aliphatic carbocycles. The van der Waals surface area contributed by atoms with Gasteiger partial charge in [0, 0.05) is 0 Å². The molecule has 3 rings (SSSR count). The Labute approximate surface area is 132 Å². The Morgan fingerprint density at radius 3 is 2.23 bits per heavy atom. The smallest absolute Gasteiger partial charge is 0.0105 e. The third-order valence-electron chi connectivity index (χ3n) is 3.98. The first-order chi connectivity index (χ1) is 10.8. The minimum Gasteiger partial charge on any atom is -0.0871 e. The van der Waals surface area contributed by atoms with Gasteiger partial charge in [-0.3, -0.25) is 0 Å². The highest BCUT2D eigenvalue weighted by Crippen LogP contribution is 2.29. The van der Waals surface area contributed by atoms with Gasteiger partial charge in [-0.25, -0.2) is 0 Å². The van der Waals surface area contributed by atoms with Crippen molar-refractivity contribution >= 4 is 16.3 Å². The first-order valence-electron chi connectivity index (χ1n) is 7.71. The van der Waals surface area contributed by atoms with Crippen LogP contribution in [0, 0.1) is 0 Å². The quantitative estimate of drug-likeness (QED) is 0.482. The van der Waals surface area contributed by atoms with E-state index in [-0.39, 0.29) is 0 Å². The summed E-state index contributed by atoms with van der Waals surface area (Å²) in [5, 5.41) is 2.59. The Balaban J connectivity index is 2.06. The van der Waals surface area contributed by atoms with Crippen LogP contribution in [0.3, 0.4) is 0 Å². The molecule has 3 aromatic rings. The molecule has 0 aromatic heterocycles. The summed E-state index contributed by atoms with van der Waals surface area (Å²) in [6.07, 6.45) is 6.37. The van der Waals surface area contributed by atoms with E-state index in [1.54, 1.807) is 0 Å². The molecular weight excluding hydrogens is 264 g/mol. The molecule has 3 aromatic carbocycles. The maximum atomic E-state index is 2.21. The van der Waals surface area contributed by atoms with Gasteiger partial charge in [0.05, 0.1) is 0 Å². The predicted molar refractivity (Wildman–Crippen MR) is 97.8 cm³/mol. The maximum absolute atomic E-state index is 2.21. The molecule has 108 valence electrons. The first kappa shape index (κ1) is 14.3. The summed E-state index contributed by atoms with van der Waals surface area (Å²) >= 11 is 0. The van der Waals surface area contributed by atoms with E-state index in [0.29, 0.717) is 0 Å². The van der Waals surface area contributed by atoms with Gasteiger partial charge in [0.1, 0.15) is 0 Å². The Hall–Kier alpha value is -2.60. The van der Waals surface area contributed by atoms with Crippen LogP contribution in [0.5, 0.6) is 0 Å². The van der Waals surface area contributed by atoms with Crippen molar-refractivity contribution in [2.24, 2.45) is 0 Å². The lowest BCUT2D eigenvalue weighted by Gasteiger charge is -2.08. The molecule has 0 fully saturated rings.